The molecule has 1 aromatic heterocycles. The molecule has 2 amide bonds. The number of hydrogen-bond acceptors (Lipinski definition) is 3. The number of nitrogens with zero attached hydrogens (tertiary/aromatic N) is 1. The van der Waals surface area contributed by atoms with Gasteiger partial charge in [-0.1, -0.05) is 11.6 Å². The minimum atomic E-state index is -4.54. The van der Waals surface area contributed by atoms with Gasteiger partial charge in [0.25, 0.3) is 0 Å². The second kappa shape index (κ2) is 7.56. The Labute approximate surface area is 157 Å². The average molecular weight is 398 g/mol. The number of benzene rings is 1. The van der Waals surface area contributed by atoms with Gasteiger partial charge in [-0.2, -0.15) is 13.2 Å². The molecular weight excluding hydrogens is 383 g/mol. The molecule has 1 aliphatic carbocycles. The van der Waals surface area contributed by atoms with Crippen LogP contribution in [0.3, 0.4) is 0 Å². The zero-order chi connectivity index (χ0) is 19.6. The average Bonchev–Trinajstić information content (AvgIpc) is 3.42. The standard InChI is InChI=1S/C18H15ClF3N3O2/c19-14-2-1-11(18(20,21)22)7-15(14)25-17(27)13-8-12(13)16(26)24-9-10-3-5-23-6-4-10/h1-7,12-13H,8-9H2,(H,24,26)(H,25,27). The molecule has 9 heteroatoms. The maximum Gasteiger partial charge on any atom is 0.416 e. The fourth-order valence-electron chi connectivity index (χ4n) is 2.62. The Morgan fingerprint density at radius 2 is 1.78 bits per heavy atom. The Hall–Kier alpha value is -2.61. The number of halogens is 4. The Morgan fingerprint density at radius 3 is 2.44 bits per heavy atom. The van der Waals surface area contributed by atoms with Crippen molar-refractivity contribution >= 4 is 29.1 Å². The maximum atomic E-state index is 12.8. The molecule has 27 heavy (non-hydrogen) atoms. The molecule has 0 saturated heterocycles. The third-order valence-electron chi connectivity index (χ3n) is 4.23. The molecule has 0 spiro atoms. The van der Waals surface area contributed by atoms with Gasteiger partial charge in [0.2, 0.25) is 11.8 Å². The quantitative estimate of drug-likeness (QED) is 0.809. The van der Waals surface area contributed by atoms with Crippen molar-refractivity contribution in [3.8, 4) is 0 Å². The number of amides is 2. The van der Waals surface area contributed by atoms with Crippen molar-refractivity contribution in [1.29, 1.82) is 0 Å². The van der Waals surface area contributed by atoms with Crippen molar-refractivity contribution in [3.63, 3.8) is 0 Å². The molecule has 5 nitrogen and oxygen atoms in total. The van der Waals surface area contributed by atoms with Crippen LogP contribution < -0.4 is 10.6 Å². The number of aromatic nitrogens is 1. The van der Waals surface area contributed by atoms with Gasteiger partial charge in [-0.15, -0.1) is 0 Å². The van der Waals surface area contributed by atoms with E-state index >= 15 is 0 Å². The number of carbonyl (C=O) groups excluding carboxylic acids is 2. The summed E-state index contributed by atoms with van der Waals surface area (Å²) in [5, 5.41) is 5.11. The molecule has 0 bridgehead atoms. The SMILES string of the molecule is O=C(NCc1ccncc1)C1CC1C(=O)Nc1cc(C(F)(F)F)ccc1Cl. The fraction of sp³-hybridized carbons (Fsp3) is 0.278. The van der Waals surface area contributed by atoms with E-state index in [1.165, 1.54) is 0 Å². The van der Waals surface area contributed by atoms with Crippen LogP contribution in [-0.4, -0.2) is 16.8 Å². The van der Waals surface area contributed by atoms with Gasteiger partial charge in [0.05, 0.1) is 28.1 Å². The number of anilines is 1. The van der Waals surface area contributed by atoms with Gasteiger partial charge in [0.15, 0.2) is 0 Å². The Morgan fingerprint density at radius 1 is 1.11 bits per heavy atom. The van der Waals surface area contributed by atoms with E-state index in [0.29, 0.717) is 13.0 Å². The Bertz CT molecular complexity index is 859. The monoisotopic (exact) mass is 397 g/mol. The first-order chi connectivity index (χ1) is 12.8. The summed E-state index contributed by atoms with van der Waals surface area (Å²) in [6.07, 6.45) is -0.995. The molecule has 2 N–H and O–H groups in total. The first-order valence-corrected chi connectivity index (χ1v) is 8.47. The van der Waals surface area contributed by atoms with Crippen molar-refractivity contribution in [2.75, 3.05) is 5.32 Å². The molecule has 2 atom stereocenters. The highest BCUT2D eigenvalue weighted by Gasteiger charge is 2.48. The number of alkyl halides is 3. The fourth-order valence-corrected chi connectivity index (χ4v) is 2.78. The Kier molecular flexibility index (Phi) is 5.36. The maximum absolute atomic E-state index is 12.8. The molecule has 1 heterocycles. The predicted octanol–water partition coefficient (Wildman–Crippen LogP) is 3.64. The highest BCUT2D eigenvalue weighted by molar-refractivity contribution is 6.33. The molecule has 1 saturated carbocycles. The lowest BCUT2D eigenvalue weighted by Gasteiger charge is -2.11. The molecule has 3 rings (SSSR count). The summed E-state index contributed by atoms with van der Waals surface area (Å²) < 4.78 is 38.4. The van der Waals surface area contributed by atoms with E-state index < -0.39 is 29.5 Å². The molecule has 1 aliphatic rings. The topological polar surface area (TPSA) is 71.1 Å². The molecule has 142 valence electrons. The van der Waals surface area contributed by atoms with Crippen LogP contribution in [0.25, 0.3) is 0 Å². The van der Waals surface area contributed by atoms with Crippen LogP contribution in [0.1, 0.15) is 17.5 Å². The van der Waals surface area contributed by atoms with Crippen LogP contribution in [-0.2, 0) is 22.3 Å². The Balaban J connectivity index is 1.56. The lowest BCUT2D eigenvalue weighted by molar-refractivity contribution is -0.137. The van der Waals surface area contributed by atoms with Crippen molar-refractivity contribution < 1.29 is 22.8 Å². The van der Waals surface area contributed by atoms with Gasteiger partial charge in [-0.05, 0) is 42.3 Å². The second-order valence-corrected chi connectivity index (χ2v) is 6.61. The molecular formula is C18H15ClF3N3O2. The third kappa shape index (κ3) is 4.77. The van der Waals surface area contributed by atoms with Crippen LogP contribution in [0, 0.1) is 11.8 Å². The first kappa shape index (κ1) is 19.2. The van der Waals surface area contributed by atoms with E-state index in [9.17, 15) is 22.8 Å². The summed E-state index contributed by atoms with van der Waals surface area (Å²) in [7, 11) is 0. The van der Waals surface area contributed by atoms with Crippen molar-refractivity contribution in [3.05, 3.63) is 58.9 Å². The zero-order valence-corrected chi connectivity index (χ0v) is 14.6. The lowest BCUT2D eigenvalue weighted by atomic mass is 10.2. The van der Waals surface area contributed by atoms with Gasteiger partial charge in [-0.3, -0.25) is 14.6 Å². The van der Waals surface area contributed by atoms with Crippen LogP contribution in [0.4, 0.5) is 18.9 Å². The van der Waals surface area contributed by atoms with Crippen LogP contribution in [0.2, 0.25) is 5.02 Å². The van der Waals surface area contributed by atoms with E-state index in [1.807, 2.05) is 0 Å². The van der Waals surface area contributed by atoms with E-state index in [1.54, 1.807) is 24.5 Å². The zero-order valence-electron chi connectivity index (χ0n) is 13.9. The van der Waals surface area contributed by atoms with E-state index in [-0.39, 0.29) is 16.6 Å². The largest absolute Gasteiger partial charge is 0.416 e. The minimum absolute atomic E-state index is 0.00399. The smallest absolute Gasteiger partial charge is 0.352 e. The normalized spacial score (nSPS) is 18.7. The van der Waals surface area contributed by atoms with Crippen LogP contribution >= 0.6 is 11.6 Å². The second-order valence-electron chi connectivity index (χ2n) is 6.20. The molecule has 0 radical (unpaired) electrons. The molecule has 2 aromatic rings. The summed E-state index contributed by atoms with van der Waals surface area (Å²) in [5.41, 5.74) is -0.167. The number of carbonyl (C=O) groups is 2. The minimum Gasteiger partial charge on any atom is -0.352 e. The summed E-state index contributed by atoms with van der Waals surface area (Å²) in [6.45, 7) is 0.311. The summed E-state index contributed by atoms with van der Waals surface area (Å²) in [5.74, 6) is -1.90. The van der Waals surface area contributed by atoms with Crippen molar-refractivity contribution in [2.24, 2.45) is 11.8 Å². The van der Waals surface area contributed by atoms with Gasteiger partial charge < -0.3 is 10.6 Å². The van der Waals surface area contributed by atoms with Gasteiger partial charge in [0, 0.05) is 18.9 Å². The van der Waals surface area contributed by atoms with Crippen molar-refractivity contribution in [2.45, 2.75) is 19.1 Å². The molecule has 2 unspecified atom stereocenters. The van der Waals surface area contributed by atoms with E-state index in [2.05, 4.69) is 15.6 Å². The number of pyridine rings is 1. The summed E-state index contributed by atoms with van der Waals surface area (Å²) in [6, 6.07) is 6.21. The van der Waals surface area contributed by atoms with Gasteiger partial charge >= 0.3 is 6.18 Å². The first-order valence-electron chi connectivity index (χ1n) is 8.10. The van der Waals surface area contributed by atoms with E-state index in [4.69, 9.17) is 11.6 Å². The third-order valence-corrected chi connectivity index (χ3v) is 4.56. The van der Waals surface area contributed by atoms with Crippen LogP contribution in [0.15, 0.2) is 42.7 Å². The summed E-state index contributed by atoms with van der Waals surface area (Å²) in [4.78, 5) is 28.2. The number of hydrogen-bond donors (Lipinski definition) is 2. The van der Waals surface area contributed by atoms with Gasteiger partial charge in [-0.25, -0.2) is 0 Å². The predicted molar refractivity (Wildman–Crippen MR) is 92.8 cm³/mol. The molecule has 1 aromatic carbocycles. The van der Waals surface area contributed by atoms with Crippen molar-refractivity contribution in [1.82, 2.24) is 10.3 Å². The summed E-state index contributed by atoms with van der Waals surface area (Å²) >= 11 is 5.87. The molecule has 1 fully saturated rings. The highest BCUT2D eigenvalue weighted by Crippen LogP contribution is 2.40. The number of rotatable bonds is 5. The van der Waals surface area contributed by atoms with Crippen LogP contribution in [0.5, 0.6) is 0 Å². The van der Waals surface area contributed by atoms with Gasteiger partial charge in [0.1, 0.15) is 0 Å². The highest BCUT2D eigenvalue weighted by atomic mass is 35.5. The lowest BCUT2D eigenvalue weighted by Crippen LogP contribution is -2.27. The van der Waals surface area contributed by atoms with E-state index in [0.717, 1.165) is 23.8 Å². The molecule has 0 aliphatic heterocycles. The number of nitrogens with one attached hydrogen (secondary N) is 2.